The van der Waals surface area contributed by atoms with Gasteiger partial charge < -0.3 is 4.98 Å². The number of rotatable bonds is 7. The fraction of sp³-hybridized carbons (Fsp3) is 0.259. The monoisotopic (exact) mass is 549 g/mol. The van der Waals surface area contributed by atoms with Crippen molar-refractivity contribution in [1.29, 1.82) is 0 Å². The fourth-order valence-corrected chi connectivity index (χ4v) is 8.27. The molecular weight excluding hydrogens is 523 g/mol. The maximum atomic E-state index is 13.1. The molecule has 1 saturated heterocycles. The van der Waals surface area contributed by atoms with E-state index in [1.54, 1.807) is 35.9 Å². The first-order valence-electron chi connectivity index (χ1n) is 12.2. The number of aromatic nitrogens is 3. The van der Waals surface area contributed by atoms with Gasteiger partial charge in [-0.2, -0.15) is 0 Å². The summed E-state index contributed by atoms with van der Waals surface area (Å²) >= 11 is 2.90. The van der Waals surface area contributed by atoms with E-state index >= 15 is 0 Å². The standard InChI is InChI=1S/C27H27N5O2S3/c1-31(37(33,34)25-11-6-14-35-25)24-10-4-7-19-15-23(30-26(19)24)27-29-16-21(36-27)18-32-13-5-8-20(17-32)22-9-2-3-12-28-22/h2-4,6-7,9-12,14-16,20,30H,5,8,13,17-18H2,1H3. The number of thiazole rings is 1. The molecule has 0 aliphatic carbocycles. The molecule has 7 nitrogen and oxygen atoms in total. The molecule has 0 spiro atoms. The van der Waals surface area contributed by atoms with Gasteiger partial charge in [-0.3, -0.25) is 14.2 Å². The lowest BCUT2D eigenvalue weighted by molar-refractivity contribution is 0.200. The van der Waals surface area contributed by atoms with E-state index in [1.807, 2.05) is 42.7 Å². The fourth-order valence-electron chi connectivity index (χ4n) is 4.98. The molecule has 5 aromatic rings. The number of hydrogen-bond donors (Lipinski definition) is 1. The topological polar surface area (TPSA) is 82.2 Å². The van der Waals surface area contributed by atoms with Crippen LogP contribution in [0.5, 0.6) is 0 Å². The van der Waals surface area contributed by atoms with Crippen molar-refractivity contribution in [2.75, 3.05) is 24.4 Å². The van der Waals surface area contributed by atoms with Gasteiger partial charge in [-0.05, 0) is 55.1 Å². The number of nitrogens with zero attached hydrogens (tertiary/aromatic N) is 4. The van der Waals surface area contributed by atoms with Gasteiger partial charge in [0.05, 0.1) is 16.9 Å². The van der Waals surface area contributed by atoms with Crippen molar-refractivity contribution in [3.63, 3.8) is 0 Å². The number of hydrogen-bond acceptors (Lipinski definition) is 7. The Labute approximate surface area is 224 Å². The third kappa shape index (κ3) is 4.82. The van der Waals surface area contributed by atoms with Crippen molar-refractivity contribution in [2.24, 2.45) is 0 Å². The van der Waals surface area contributed by atoms with Gasteiger partial charge in [0, 0.05) is 54.4 Å². The molecule has 1 unspecified atom stereocenters. The highest BCUT2D eigenvalue weighted by atomic mass is 32.2. The predicted molar refractivity (Wildman–Crippen MR) is 151 cm³/mol. The van der Waals surface area contributed by atoms with Crippen molar-refractivity contribution in [2.45, 2.75) is 29.5 Å². The molecule has 6 rings (SSSR count). The zero-order valence-electron chi connectivity index (χ0n) is 20.4. The third-order valence-electron chi connectivity index (χ3n) is 6.86. The van der Waals surface area contributed by atoms with E-state index in [-0.39, 0.29) is 0 Å². The van der Waals surface area contributed by atoms with E-state index in [9.17, 15) is 8.42 Å². The van der Waals surface area contributed by atoms with E-state index in [0.29, 0.717) is 15.8 Å². The van der Waals surface area contributed by atoms with Crippen molar-refractivity contribution in [3.05, 3.63) is 82.9 Å². The maximum Gasteiger partial charge on any atom is 0.273 e. The van der Waals surface area contributed by atoms with Gasteiger partial charge in [-0.15, -0.1) is 22.7 Å². The van der Waals surface area contributed by atoms with Crippen LogP contribution in [0.25, 0.3) is 21.6 Å². The number of nitrogens with one attached hydrogen (secondary N) is 1. The molecule has 37 heavy (non-hydrogen) atoms. The summed E-state index contributed by atoms with van der Waals surface area (Å²) in [6, 6.07) is 17.3. The molecule has 1 N–H and O–H groups in total. The number of likely N-dealkylation sites (tertiary alicyclic amines) is 1. The third-order valence-corrected chi connectivity index (χ3v) is 11.0. The van der Waals surface area contributed by atoms with E-state index in [1.165, 1.54) is 39.1 Å². The second-order valence-corrected chi connectivity index (χ2v) is 13.5. The number of benzene rings is 1. The number of fused-ring (bicyclic) bond motifs is 1. The van der Waals surface area contributed by atoms with Crippen LogP contribution >= 0.6 is 22.7 Å². The number of pyridine rings is 1. The van der Waals surface area contributed by atoms with Gasteiger partial charge in [-0.1, -0.05) is 24.3 Å². The number of aromatic amines is 1. The van der Waals surface area contributed by atoms with E-state index in [0.717, 1.165) is 41.2 Å². The number of sulfonamides is 1. The minimum Gasteiger partial charge on any atom is -0.351 e. The van der Waals surface area contributed by atoms with Crippen LogP contribution in [0.15, 0.2) is 76.6 Å². The molecule has 1 aliphatic rings. The minimum absolute atomic E-state index is 0.325. The predicted octanol–water partition coefficient (Wildman–Crippen LogP) is 5.95. The molecule has 1 atom stereocenters. The van der Waals surface area contributed by atoms with Crippen LogP contribution < -0.4 is 4.31 Å². The molecule has 190 valence electrons. The number of piperidine rings is 1. The lowest BCUT2D eigenvalue weighted by Crippen LogP contribution is -2.33. The molecule has 5 heterocycles. The highest BCUT2D eigenvalue weighted by molar-refractivity contribution is 7.94. The smallest absolute Gasteiger partial charge is 0.273 e. The molecule has 0 radical (unpaired) electrons. The second-order valence-electron chi connectivity index (χ2n) is 9.29. The normalized spacial score (nSPS) is 16.8. The summed E-state index contributed by atoms with van der Waals surface area (Å²) in [5.41, 5.74) is 3.47. The summed E-state index contributed by atoms with van der Waals surface area (Å²) in [6.45, 7) is 2.96. The number of thiophene rings is 1. The van der Waals surface area contributed by atoms with Crippen LogP contribution in [0, 0.1) is 0 Å². The Balaban J connectivity index is 1.22. The van der Waals surface area contributed by atoms with Gasteiger partial charge in [0.2, 0.25) is 0 Å². The average molecular weight is 550 g/mol. The summed E-state index contributed by atoms with van der Waals surface area (Å²) in [4.78, 5) is 16.4. The first-order valence-corrected chi connectivity index (χ1v) is 15.4. The average Bonchev–Trinajstić information content (AvgIpc) is 3.70. The van der Waals surface area contributed by atoms with Gasteiger partial charge in [0.1, 0.15) is 9.22 Å². The molecule has 1 aromatic carbocycles. The molecule has 1 aliphatic heterocycles. The molecule has 10 heteroatoms. The number of H-pyrrole nitrogens is 1. The van der Waals surface area contributed by atoms with Gasteiger partial charge in [0.25, 0.3) is 10.0 Å². The summed E-state index contributed by atoms with van der Waals surface area (Å²) < 4.78 is 27.9. The van der Waals surface area contributed by atoms with Gasteiger partial charge in [-0.25, -0.2) is 13.4 Å². The van der Waals surface area contributed by atoms with E-state index in [4.69, 9.17) is 4.98 Å². The van der Waals surface area contributed by atoms with Crippen LogP contribution in [0.3, 0.4) is 0 Å². The Hall–Kier alpha value is -3.05. The van der Waals surface area contributed by atoms with Gasteiger partial charge in [0.15, 0.2) is 0 Å². The summed E-state index contributed by atoms with van der Waals surface area (Å²) in [5, 5.41) is 3.63. The van der Waals surface area contributed by atoms with Crippen molar-refractivity contribution in [1.82, 2.24) is 19.9 Å². The van der Waals surface area contributed by atoms with Crippen molar-refractivity contribution < 1.29 is 8.42 Å². The maximum absolute atomic E-state index is 13.1. The Morgan fingerprint density at radius 3 is 2.86 bits per heavy atom. The summed E-state index contributed by atoms with van der Waals surface area (Å²) in [5.74, 6) is 0.469. The Kier molecular flexibility index (Phi) is 6.58. The largest absolute Gasteiger partial charge is 0.351 e. The molecular formula is C27H27N5O2S3. The molecule has 1 fully saturated rings. The Morgan fingerprint density at radius 1 is 1.14 bits per heavy atom. The van der Waals surface area contributed by atoms with Crippen molar-refractivity contribution in [3.8, 4) is 10.7 Å². The zero-order chi connectivity index (χ0) is 25.4. The minimum atomic E-state index is -3.62. The molecule has 0 bridgehead atoms. The molecule has 0 amide bonds. The first kappa shape index (κ1) is 24.3. The highest BCUT2D eigenvalue weighted by Crippen LogP contribution is 2.35. The van der Waals surface area contributed by atoms with E-state index < -0.39 is 10.0 Å². The Bertz CT molecular complexity index is 1610. The first-order chi connectivity index (χ1) is 18.0. The van der Waals surface area contributed by atoms with E-state index in [2.05, 4.69) is 27.0 Å². The van der Waals surface area contributed by atoms with Crippen LogP contribution in [0.1, 0.15) is 29.3 Å². The summed E-state index contributed by atoms with van der Waals surface area (Å²) in [6.07, 6.45) is 6.18. The highest BCUT2D eigenvalue weighted by Gasteiger charge is 2.25. The second kappa shape index (κ2) is 10.0. The van der Waals surface area contributed by atoms with Crippen LogP contribution in [0.4, 0.5) is 5.69 Å². The Morgan fingerprint density at radius 2 is 2.05 bits per heavy atom. The van der Waals surface area contributed by atoms with Crippen LogP contribution in [0.2, 0.25) is 0 Å². The SMILES string of the molecule is CN(c1cccc2cc(-c3ncc(CN4CCCC(c5ccccn5)C4)s3)[nH]c12)S(=O)(=O)c1cccs1. The van der Waals surface area contributed by atoms with Gasteiger partial charge >= 0.3 is 0 Å². The molecule has 4 aromatic heterocycles. The number of para-hydroxylation sites is 1. The quantitative estimate of drug-likeness (QED) is 0.271. The number of anilines is 1. The van der Waals surface area contributed by atoms with Crippen LogP contribution in [-0.4, -0.2) is 48.4 Å². The van der Waals surface area contributed by atoms with Crippen LogP contribution in [-0.2, 0) is 16.6 Å². The lowest BCUT2D eigenvalue weighted by atomic mass is 9.94. The zero-order valence-corrected chi connectivity index (χ0v) is 22.8. The molecule has 0 saturated carbocycles. The lowest BCUT2D eigenvalue weighted by Gasteiger charge is -2.32. The summed E-state index contributed by atoms with van der Waals surface area (Å²) in [7, 11) is -2.02. The van der Waals surface area contributed by atoms with Crippen molar-refractivity contribution >= 4 is 49.3 Å².